The van der Waals surface area contributed by atoms with Crippen LogP contribution in [0.5, 0.6) is 0 Å². The first-order valence-corrected chi connectivity index (χ1v) is 4.26. The quantitative estimate of drug-likeness (QED) is 0.309. The van der Waals surface area contributed by atoms with Crippen molar-refractivity contribution in [2.75, 3.05) is 6.61 Å². The van der Waals surface area contributed by atoms with Crippen LogP contribution in [0.25, 0.3) is 0 Å². The SMILES string of the molecule is C=CC(=O)OCC=CC.C=COC(C)=O. The molecule has 0 aromatic heterocycles. The minimum Gasteiger partial charge on any atom is -0.458 e. The maximum Gasteiger partial charge on any atom is 0.330 e. The van der Waals surface area contributed by atoms with Gasteiger partial charge in [-0.2, -0.15) is 0 Å². The van der Waals surface area contributed by atoms with Crippen LogP contribution >= 0.6 is 0 Å². The van der Waals surface area contributed by atoms with E-state index in [2.05, 4.69) is 22.6 Å². The summed E-state index contributed by atoms with van der Waals surface area (Å²) in [5.41, 5.74) is 0. The zero-order valence-electron chi connectivity index (χ0n) is 9.06. The van der Waals surface area contributed by atoms with Crippen LogP contribution in [-0.4, -0.2) is 18.5 Å². The molecule has 0 atom stereocenters. The van der Waals surface area contributed by atoms with Gasteiger partial charge in [0.25, 0.3) is 0 Å². The van der Waals surface area contributed by atoms with Crippen LogP contribution in [-0.2, 0) is 19.1 Å². The topological polar surface area (TPSA) is 52.6 Å². The molecule has 15 heavy (non-hydrogen) atoms. The average Bonchev–Trinajstić information content (AvgIpc) is 2.18. The fourth-order valence-corrected chi connectivity index (χ4v) is 0.403. The monoisotopic (exact) mass is 212 g/mol. The van der Waals surface area contributed by atoms with Crippen LogP contribution in [0, 0.1) is 0 Å². The molecule has 0 amide bonds. The molecule has 4 nitrogen and oxygen atoms in total. The molecule has 0 aliphatic rings. The molecule has 0 spiro atoms. The van der Waals surface area contributed by atoms with Gasteiger partial charge in [0.2, 0.25) is 0 Å². The molecular formula is C11H16O4. The number of hydrogen-bond acceptors (Lipinski definition) is 4. The van der Waals surface area contributed by atoms with Gasteiger partial charge in [-0.25, -0.2) is 4.79 Å². The van der Waals surface area contributed by atoms with E-state index in [0.717, 1.165) is 12.3 Å². The fraction of sp³-hybridized carbons (Fsp3) is 0.273. The first kappa shape index (κ1) is 15.6. The van der Waals surface area contributed by atoms with E-state index in [-0.39, 0.29) is 11.9 Å². The summed E-state index contributed by atoms with van der Waals surface area (Å²) in [5.74, 6) is -0.710. The van der Waals surface area contributed by atoms with Crippen LogP contribution in [0.2, 0.25) is 0 Å². The predicted molar refractivity (Wildman–Crippen MR) is 57.9 cm³/mol. The van der Waals surface area contributed by atoms with Crippen molar-refractivity contribution in [2.24, 2.45) is 0 Å². The van der Waals surface area contributed by atoms with Gasteiger partial charge in [-0.15, -0.1) is 0 Å². The van der Waals surface area contributed by atoms with Gasteiger partial charge in [-0.3, -0.25) is 4.79 Å². The lowest BCUT2D eigenvalue weighted by Gasteiger charge is -1.93. The minimum absolute atomic E-state index is 0.329. The first-order chi connectivity index (χ1) is 7.08. The second-order valence-electron chi connectivity index (χ2n) is 2.18. The van der Waals surface area contributed by atoms with Crippen LogP contribution in [0.1, 0.15) is 13.8 Å². The molecule has 0 aliphatic carbocycles. The second-order valence-corrected chi connectivity index (χ2v) is 2.18. The Morgan fingerprint density at radius 1 is 1.33 bits per heavy atom. The Morgan fingerprint density at radius 3 is 2.20 bits per heavy atom. The van der Waals surface area contributed by atoms with E-state index < -0.39 is 0 Å². The van der Waals surface area contributed by atoms with E-state index in [1.54, 1.807) is 6.08 Å². The molecule has 0 heterocycles. The van der Waals surface area contributed by atoms with E-state index in [1.165, 1.54) is 6.92 Å². The van der Waals surface area contributed by atoms with Gasteiger partial charge in [-0.05, 0) is 6.92 Å². The van der Waals surface area contributed by atoms with Crippen LogP contribution < -0.4 is 0 Å². The Balaban J connectivity index is 0. The molecule has 0 rings (SSSR count). The normalized spacial score (nSPS) is 8.40. The highest BCUT2D eigenvalue weighted by atomic mass is 16.5. The highest BCUT2D eigenvalue weighted by Crippen LogP contribution is 1.79. The molecule has 0 unspecified atom stereocenters. The van der Waals surface area contributed by atoms with E-state index >= 15 is 0 Å². The molecule has 0 aromatic rings. The Morgan fingerprint density at radius 2 is 1.93 bits per heavy atom. The van der Waals surface area contributed by atoms with Gasteiger partial charge >= 0.3 is 11.9 Å². The molecule has 0 bridgehead atoms. The third-order valence-electron chi connectivity index (χ3n) is 0.973. The van der Waals surface area contributed by atoms with Gasteiger partial charge < -0.3 is 9.47 Å². The van der Waals surface area contributed by atoms with Gasteiger partial charge in [-0.1, -0.05) is 25.3 Å². The molecule has 0 saturated carbocycles. The summed E-state index contributed by atoms with van der Waals surface area (Å²) in [5, 5.41) is 0. The van der Waals surface area contributed by atoms with Crippen molar-refractivity contribution in [1.82, 2.24) is 0 Å². The number of rotatable bonds is 4. The minimum atomic E-state index is -0.381. The smallest absolute Gasteiger partial charge is 0.330 e. The van der Waals surface area contributed by atoms with Gasteiger partial charge in [0.1, 0.15) is 6.61 Å². The molecule has 0 N–H and O–H groups in total. The maximum atomic E-state index is 10.3. The fourth-order valence-electron chi connectivity index (χ4n) is 0.403. The lowest BCUT2D eigenvalue weighted by atomic mass is 10.5. The maximum absolute atomic E-state index is 10.3. The third kappa shape index (κ3) is 18.9. The third-order valence-corrected chi connectivity index (χ3v) is 0.973. The number of esters is 2. The average molecular weight is 212 g/mol. The molecule has 0 aliphatic heterocycles. The van der Waals surface area contributed by atoms with Crippen molar-refractivity contribution in [1.29, 1.82) is 0 Å². The van der Waals surface area contributed by atoms with E-state index in [4.69, 9.17) is 0 Å². The van der Waals surface area contributed by atoms with E-state index in [9.17, 15) is 9.59 Å². The van der Waals surface area contributed by atoms with Crippen molar-refractivity contribution < 1.29 is 19.1 Å². The lowest BCUT2D eigenvalue weighted by molar-refractivity contribution is -0.137. The summed E-state index contributed by atoms with van der Waals surface area (Å²) in [7, 11) is 0. The number of allylic oxidation sites excluding steroid dienone is 1. The number of carbonyl (C=O) groups is 2. The lowest BCUT2D eigenvalue weighted by Crippen LogP contribution is -1.98. The van der Waals surface area contributed by atoms with Crippen molar-refractivity contribution >= 4 is 11.9 Å². The number of ether oxygens (including phenoxy) is 2. The highest BCUT2D eigenvalue weighted by molar-refractivity contribution is 5.81. The van der Waals surface area contributed by atoms with E-state index in [1.807, 2.05) is 13.0 Å². The summed E-state index contributed by atoms with van der Waals surface area (Å²) >= 11 is 0. The molecule has 0 aromatic carbocycles. The summed E-state index contributed by atoms with van der Waals surface area (Å²) in [6.45, 7) is 9.92. The Hall–Kier alpha value is -1.84. The van der Waals surface area contributed by atoms with Crippen LogP contribution in [0.15, 0.2) is 37.6 Å². The molecule has 84 valence electrons. The van der Waals surface area contributed by atoms with Crippen LogP contribution in [0.4, 0.5) is 0 Å². The summed E-state index contributed by atoms with van der Waals surface area (Å²) in [4.78, 5) is 20.1. The van der Waals surface area contributed by atoms with Gasteiger partial charge in [0, 0.05) is 13.0 Å². The first-order valence-electron chi connectivity index (χ1n) is 4.26. The largest absolute Gasteiger partial charge is 0.458 e. The molecular weight excluding hydrogens is 196 g/mol. The zero-order chi connectivity index (χ0) is 12.1. The van der Waals surface area contributed by atoms with Crippen molar-refractivity contribution in [3.8, 4) is 0 Å². The molecule has 4 heteroatoms. The van der Waals surface area contributed by atoms with Crippen LogP contribution in [0.3, 0.4) is 0 Å². The summed E-state index contributed by atoms with van der Waals surface area (Å²) < 4.78 is 8.75. The Kier molecular flexibility index (Phi) is 12.7. The zero-order valence-corrected chi connectivity index (χ0v) is 9.06. The predicted octanol–water partition coefficient (Wildman–Crippen LogP) is 1.98. The van der Waals surface area contributed by atoms with Crippen molar-refractivity contribution in [3.63, 3.8) is 0 Å². The number of carbonyl (C=O) groups excluding carboxylic acids is 2. The molecule has 0 radical (unpaired) electrons. The molecule has 0 fully saturated rings. The Labute approximate surface area is 89.9 Å². The standard InChI is InChI=1S/C7H10O2.C4H6O2/c1-3-5-6-9-7(8)4-2;1-3-6-4(2)5/h3-5H,2,6H2,1H3;3H,1H2,2H3. The van der Waals surface area contributed by atoms with E-state index in [0.29, 0.717) is 6.61 Å². The summed E-state index contributed by atoms with van der Waals surface area (Å²) in [6.07, 6.45) is 5.81. The molecule has 0 saturated heterocycles. The number of hydrogen-bond donors (Lipinski definition) is 0. The van der Waals surface area contributed by atoms with Crippen molar-refractivity contribution in [3.05, 3.63) is 37.6 Å². The van der Waals surface area contributed by atoms with Gasteiger partial charge in [0.05, 0.1) is 6.26 Å². The highest BCUT2D eigenvalue weighted by Gasteiger charge is 1.88. The summed E-state index contributed by atoms with van der Waals surface area (Å²) in [6, 6.07) is 0. The second kappa shape index (κ2) is 12.2. The van der Waals surface area contributed by atoms with Crippen molar-refractivity contribution in [2.45, 2.75) is 13.8 Å². The van der Waals surface area contributed by atoms with Gasteiger partial charge in [0.15, 0.2) is 0 Å². The Bertz CT molecular complexity index is 241.